The molecule has 0 amide bonds. The van der Waals surface area contributed by atoms with Crippen LogP contribution in [0.2, 0.25) is 0 Å². The Kier molecular flexibility index (Phi) is 4.57. The third-order valence-electron chi connectivity index (χ3n) is 3.63. The van der Waals surface area contributed by atoms with Crippen molar-refractivity contribution >= 4 is 0 Å². The van der Waals surface area contributed by atoms with Crippen molar-refractivity contribution in [3.05, 3.63) is 18.0 Å². The summed E-state index contributed by atoms with van der Waals surface area (Å²) in [5.41, 5.74) is 1.25. The maximum atomic E-state index is 4.20. The summed E-state index contributed by atoms with van der Waals surface area (Å²) in [4.78, 5) is 2.56. The Morgan fingerprint density at radius 1 is 1.35 bits per heavy atom. The first kappa shape index (κ1) is 12.6. The number of rotatable bonds is 5. The van der Waals surface area contributed by atoms with E-state index in [0.717, 1.165) is 6.54 Å². The highest BCUT2D eigenvalue weighted by molar-refractivity contribution is 5.05. The van der Waals surface area contributed by atoms with Crippen LogP contribution in [-0.4, -0.2) is 40.9 Å². The van der Waals surface area contributed by atoms with Crippen LogP contribution in [0.1, 0.15) is 37.9 Å². The zero-order valence-electron chi connectivity index (χ0n) is 11.0. The van der Waals surface area contributed by atoms with Crippen LogP contribution in [0, 0.1) is 0 Å². The standard InChI is InChI=1S/C13H24N4/c1-12(13-6-7-15-16(13)2)14-8-11-17-9-4-3-5-10-17/h6-7,12,14H,3-5,8-11H2,1-2H3. The number of hydrogen-bond acceptors (Lipinski definition) is 3. The van der Waals surface area contributed by atoms with Crippen LogP contribution in [0.15, 0.2) is 12.3 Å². The lowest BCUT2D eigenvalue weighted by atomic mass is 10.1. The molecule has 2 rings (SSSR count). The minimum absolute atomic E-state index is 0.382. The van der Waals surface area contributed by atoms with Crippen molar-refractivity contribution in [3.8, 4) is 0 Å². The summed E-state index contributed by atoms with van der Waals surface area (Å²) < 4.78 is 1.94. The summed E-state index contributed by atoms with van der Waals surface area (Å²) in [7, 11) is 2.00. The molecule has 4 nitrogen and oxygen atoms in total. The smallest absolute Gasteiger partial charge is 0.0547 e. The molecule has 0 saturated carbocycles. The number of aryl methyl sites for hydroxylation is 1. The SMILES string of the molecule is CC(NCCN1CCCCC1)c1ccnn1C. The van der Waals surface area contributed by atoms with E-state index in [1.54, 1.807) is 0 Å². The third kappa shape index (κ3) is 3.54. The Morgan fingerprint density at radius 2 is 2.12 bits per heavy atom. The second-order valence-corrected chi connectivity index (χ2v) is 4.96. The lowest BCUT2D eigenvalue weighted by Gasteiger charge is -2.27. The molecular weight excluding hydrogens is 212 g/mol. The van der Waals surface area contributed by atoms with Gasteiger partial charge in [-0.05, 0) is 38.9 Å². The summed E-state index contributed by atoms with van der Waals surface area (Å²) in [5.74, 6) is 0. The highest BCUT2D eigenvalue weighted by Gasteiger charge is 2.11. The molecule has 0 spiro atoms. The average molecular weight is 236 g/mol. The lowest BCUT2D eigenvalue weighted by Crippen LogP contribution is -2.36. The van der Waals surface area contributed by atoms with Crippen molar-refractivity contribution in [1.29, 1.82) is 0 Å². The van der Waals surface area contributed by atoms with Crippen molar-refractivity contribution < 1.29 is 0 Å². The first-order valence-electron chi connectivity index (χ1n) is 6.71. The Balaban J connectivity index is 1.69. The fraction of sp³-hybridized carbons (Fsp3) is 0.769. The van der Waals surface area contributed by atoms with E-state index in [-0.39, 0.29) is 0 Å². The number of aromatic nitrogens is 2. The van der Waals surface area contributed by atoms with Crippen molar-refractivity contribution in [3.63, 3.8) is 0 Å². The molecule has 1 saturated heterocycles. The van der Waals surface area contributed by atoms with Crippen LogP contribution in [-0.2, 0) is 7.05 Å². The van der Waals surface area contributed by atoms with Crippen LogP contribution in [0.25, 0.3) is 0 Å². The third-order valence-corrected chi connectivity index (χ3v) is 3.63. The molecule has 1 aliphatic rings. The molecule has 17 heavy (non-hydrogen) atoms. The highest BCUT2D eigenvalue weighted by atomic mass is 15.3. The molecule has 1 fully saturated rings. The summed E-state index contributed by atoms with van der Waals surface area (Å²) in [6, 6.07) is 2.46. The van der Waals surface area contributed by atoms with Gasteiger partial charge in [-0.3, -0.25) is 4.68 Å². The molecular formula is C13H24N4. The van der Waals surface area contributed by atoms with Gasteiger partial charge >= 0.3 is 0 Å². The van der Waals surface area contributed by atoms with Gasteiger partial charge in [0.15, 0.2) is 0 Å². The molecule has 1 unspecified atom stereocenters. The maximum Gasteiger partial charge on any atom is 0.0547 e. The molecule has 0 bridgehead atoms. The number of likely N-dealkylation sites (tertiary alicyclic amines) is 1. The largest absolute Gasteiger partial charge is 0.308 e. The highest BCUT2D eigenvalue weighted by Crippen LogP contribution is 2.10. The molecule has 0 aromatic carbocycles. The summed E-state index contributed by atoms with van der Waals surface area (Å²) in [6.07, 6.45) is 6.02. The number of nitrogens with zero attached hydrogens (tertiary/aromatic N) is 3. The Hall–Kier alpha value is -0.870. The fourth-order valence-electron chi connectivity index (χ4n) is 2.54. The van der Waals surface area contributed by atoms with Crippen molar-refractivity contribution in [2.75, 3.05) is 26.2 Å². The maximum absolute atomic E-state index is 4.20. The molecule has 96 valence electrons. The second-order valence-electron chi connectivity index (χ2n) is 4.96. The van der Waals surface area contributed by atoms with E-state index in [9.17, 15) is 0 Å². The predicted molar refractivity (Wildman–Crippen MR) is 69.9 cm³/mol. The molecule has 0 aliphatic carbocycles. The fourth-order valence-corrected chi connectivity index (χ4v) is 2.54. The molecule has 0 radical (unpaired) electrons. The van der Waals surface area contributed by atoms with Gasteiger partial charge in [-0.25, -0.2) is 0 Å². The molecule has 1 aromatic rings. The zero-order valence-corrected chi connectivity index (χ0v) is 11.0. The van der Waals surface area contributed by atoms with E-state index in [0.29, 0.717) is 6.04 Å². The van der Waals surface area contributed by atoms with Gasteiger partial charge < -0.3 is 10.2 Å². The monoisotopic (exact) mass is 236 g/mol. The Morgan fingerprint density at radius 3 is 2.76 bits per heavy atom. The summed E-state index contributed by atoms with van der Waals surface area (Å²) >= 11 is 0. The number of piperidine rings is 1. The van der Waals surface area contributed by atoms with Crippen LogP contribution < -0.4 is 5.32 Å². The predicted octanol–water partition coefficient (Wildman–Crippen LogP) is 1.56. The second kappa shape index (κ2) is 6.17. The van der Waals surface area contributed by atoms with Gasteiger partial charge in [0.1, 0.15) is 0 Å². The van der Waals surface area contributed by atoms with E-state index in [1.165, 1.54) is 44.6 Å². The number of nitrogens with one attached hydrogen (secondary N) is 1. The van der Waals surface area contributed by atoms with Gasteiger partial charge in [0.25, 0.3) is 0 Å². The number of hydrogen-bond donors (Lipinski definition) is 1. The first-order valence-corrected chi connectivity index (χ1v) is 6.71. The molecule has 1 atom stereocenters. The van der Waals surface area contributed by atoms with Crippen molar-refractivity contribution in [2.45, 2.75) is 32.2 Å². The van der Waals surface area contributed by atoms with Gasteiger partial charge in [0, 0.05) is 32.4 Å². The van der Waals surface area contributed by atoms with Crippen molar-refractivity contribution in [2.24, 2.45) is 7.05 Å². The summed E-state index contributed by atoms with van der Waals surface area (Å²) in [5, 5.41) is 7.77. The van der Waals surface area contributed by atoms with Gasteiger partial charge in [-0.1, -0.05) is 6.42 Å². The first-order chi connectivity index (χ1) is 8.27. The summed E-state index contributed by atoms with van der Waals surface area (Å²) in [6.45, 7) is 6.99. The topological polar surface area (TPSA) is 33.1 Å². The quantitative estimate of drug-likeness (QED) is 0.842. The average Bonchev–Trinajstić information content (AvgIpc) is 2.77. The Labute approximate surface area is 104 Å². The van der Waals surface area contributed by atoms with Gasteiger partial charge in [0.05, 0.1) is 5.69 Å². The molecule has 2 heterocycles. The van der Waals surface area contributed by atoms with Gasteiger partial charge in [-0.2, -0.15) is 5.10 Å². The van der Waals surface area contributed by atoms with E-state index in [2.05, 4.69) is 28.3 Å². The minimum Gasteiger partial charge on any atom is -0.308 e. The van der Waals surface area contributed by atoms with E-state index < -0.39 is 0 Å². The normalized spacial score (nSPS) is 19.4. The molecule has 4 heteroatoms. The van der Waals surface area contributed by atoms with Crippen molar-refractivity contribution in [1.82, 2.24) is 20.0 Å². The van der Waals surface area contributed by atoms with E-state index in [1.807, 2.05) is 17.9 Å². The lowest BCUT2D eigenvalue weighted by molar-refractivity contribution is 0.226. The van der Waals surface area contributed by atoms with E-state index >= 15 is 0 Å². The molecule has 1 aromatic heterocycles. The van der Waals surface area contributed by atoms with Gasteiger partial charge in [-0.15, -0.1) is 0 Å². The van der Waals surface area contributed by atoms with Crippen LogP contribution in [0.5, 0.6) is 0 Å². The van der Waals surface area contributed by atoms with Crippen LogP contribution in [0.4, 0.5) is 0 Å². The zero-order chi connectivity index (χ0) is 12.1. The molecule has 1 N–H and O–H groups in total. The van der Waals surface area contributed by atoms with E-state index in [4.69, 9.17) is 0 Å². The Bertz CT molecular complexity index is 328. The van der Waals surface area contributed by atoms with Gasteiger partial charge in [0.2, 0.25) is 0 Å². The van der Waals surface area contributed by atoms with Crippen LogP contribution in [0.3, 0.4) is 0 Å². The molecule has 1 aliphatic heterocycles. The minimum atomic E-state index is 0.382. The van der Waals surface area contributed by atoms with Crippen LogP contribution >= 0.6 is 0 Å².